The molecule has 0 radical (unpaired) electrons. The highest BCUT2D eigenvalue weighted by Crippen LogP contribution is 2.35. The molecule has 1 N–H and O–H groups in total. The molecular formula is C14H16Br2N2O3. The number of hydrogen-bond acceptors (Lipinski definition) is 5. The molecule has 1 aromatic heterocycles. The summed E-state index contributed by atoms with van der Waals surface area (Å²) in [6.45, 7) is 1.52. The lowest BCUT2D eigenvalue weighted by atomic mass is 10.2. The van der Waals surface area contributed by atoms with Crippen molar-refractivity contribution in [3.8, 4) is 5.75 Å². The quantitative estimate of drug-likeness (QED) is 0.742. The summed E-state index contributed by atoms with van der Waals surface area (Å²) in [6, 6.07) is 5.87. The first kappa shape index (κ1) is 16.5. The van der Waals surface area contributed by atoms with Gasteiger partial charge in [0.1, 0.15) is 24.7 Å². The van der Waals surface area contributed by atoms with Crippen LogP contribution in [-0.4, -0.2) is 19.3 Å². The normalized spacial score (nSPS) is 10.9. The van der Waals surface area contributed by atoms with E-state index in [2.05, 4.69) is 42.3 Å². The molecular weight excluding hydrogens is 404 g/mol. The third-order valence-electron chi connectivity index (χ3n) is 2.70. The number of ether oxygens (including phenoxy) is 2. The molecule has 114 valence electrons. The van der Waals surface area contributed by atoms with E-state index in [4.69, 9.17) is 14.0 Å². The van der Waals surface area contributed by atoms with Gasteiger partial charge in [-0.2, -0.15) is 0 Å². The van der Waals surface area contributed by atoms with Crippen LogP contribution in [0.2, 0.25) is 0 Å². The van der Waals surface area contributed by atoms with E-state index in [0.717, 1.165) is 32.5 Å². The van der Waals surface area contributed by atoms with Crippen LogP contribution < -0.4 is 10.1 Å². The molecule has 2 aromatic rings. The predicted molar refractivity (Wildman–Crippen MR) is 86.2 cm³/mol. The second-order valence-corrected chi connectivity index (χ2v) is 6.13. The summed E-state index contributed by atoms with van der Waals surface area (Å²) in [5, 5.41) is 7.05. The molecule has 2 rings (SSSR count). The first-order valence-electron chi connectivity index (χ1n) is 6.32. The van der Waals surface area contributed by atoms with Crippen LogP contribution in [0.15, 0.2) is 31.7 Å². The monoisotopic (exact) mass is 418 g/mol. The van der Waals surface area contributed by atoms with Gasteiger partial charge in [-0.05, 0) is 56.6 Å². The van der Waals surface area contributed by atoms with Gasteiger partial charge in [-0.1, -0.05) is 5.16 Å². The maximum atomic E-state index is 5.80. The lowest BCUT2D eigenvalue weighted by molar-refractivity contribution is 0.155. The van der Waals surface area contributed by atoms with Crippen molar-refractivity contribution >= 4 is 31.9 Å². The molecule has 21 heavy (non-hydrogen) atoms. The summed E-state index contributed by atoms with van der Waals surface area (Å²) in [4.78, 5) is 0. The molecule has 1 heterocycles. The van der Waals surface area contributed by atoms with Gasteiger partial charge in [0.2, 0.25) is 0 Å². The van der Waals surface area contributed by atoms with E-state index >= 15 is 0 Å². The fourth-order valence-electron chi connectivity index (χ4n) is 1.84. The molecule has 7 heteroatoms. The molecule has 0 saturated carbocycles. The van der Waals surface area contributed by atoms with Crippen molar-refractivity contribution in [2.45, 2.75) is 19.8 Å². The first-order valence-corrected chi connectivity index (χ1v) is 7.91. The Morgan fingerprint density at radius 1 is 1.19 bits per heavy atom. The lowest BCUT2D eigenvalue weighted by Crippen LogP contribution is -2.05. The summed E-state index contributed by atoms with van der Waals surface area (Å²) >= 11 is 7.05. The van der Waals surface area contributed by atoms with Crippen LogP contribution >= 0.6 is 31.9 Å². The number of nitrogens with zero attached hydrogens (tertiary/aromatic N) is 1. The molecule has 0 bridgehead atoms. The van der Waals surface area contributed by atoms with E-state index in [0.29, 0.717) is 19.0 Å². The highest BCUT2D eigenvalue weighted by molar-refractivity contribution is 9.11. The van der Waals surface area contributed by atoms with Gasteiger partial charge in [0.15, 0.2) is 5.76 Å². The van der Waals surface area contributed by atoms with Crippen molar-refractivity contribution in [1.29, 1.82) is 0 Å². The number of rotatable bonds is 7. The Morgan fingerprint density at radius 2 is 1.90 bits per heavy atom. The highest BCUT2D eigenvalue weighted by atomic mass is 79.9. The maximum Gasteiger partial charge on any atom is 0.162 e. The minimum atomic E-state index is 0.329. The average molecular weight is 420 g/mol. The predicted octanol–water partition coefficient (Wildman–Crippen LogP) is 3.64. The van der Waals surface area contributed by atoms with Crippen LogP contribution in [0.25, 0.3) is 0 Å². The van der Waals surface area contributed by atoms with Gasteiger partial charge in [0, 0.05) is 19.7 Å². The summed E-state index contributed by atoms with van der Waals surface area (Å²) in [5.74, 6) is 1.42. The zero-order valence-corrected chi connectivity index (χ0v) is 15.0. The van der Waals surface area contributed by atoms with Crippen molar-refractivity contribution in [3.63, 3.8) is 0 Å². The zero-order chi connectivity index (χ0) is 15.2. The molecule has 0 unspecified atom stereocenters. The van der Waals surface area contributed by atoms with E-state index in [1.54, 1.807) is 7.11 Å². The summed E-state index contributed by atoms with van der Waals surface area (Å²) in [5.41, 5.74) is 1.88. The summed E-state index contributed by atoms with van der Waals surface area (Å²) in [6.07, 6.45) is 0. The second-order valence-electron chi connectivity index (χ2n) is 4.43. The highest BCUT2D eigenvalue weighted by Gasteiger charge is 2.11. The largest absolute Gasteiger partial charge is 0.485 e. The smallest absolute Gasteiger partial charge is 0.162 e. The van der Waals surface area contributed by atoms with Crippen molar-refractivity contribution in [3.05, 3.63) is 44.2 Å². The van der Waals surface area contributed by atoms with Gasteiger partial charge >= 0.3 is 0 Å². The molecule has 0 aliphatic heterocycles. The van der Waals surface area contributed by atoms with E-state index < -0.39 is 0 Å². The van der Waals surface area contributed by atoms with Gasteiger partial charge in [0.05, 0.1) is 8.95 Å². The maximum absolute atomic E-state index is 5.80. The number of benzene rings is 1. The number of halogens is 2. The zero-order valence-electron chi connectivity index (χ0n) is 11.8. The van der Waals surface area contributed by atoms with Crippen molar-refractivity contribution < 1.29 is 14.0 Å². The van der Waals surface area contributed by atoms with E-state index in [-0.39, 0.29) is 0 Å². The standard InChI is InChI=1S/C14H16Br2N2O3/c1-17-6-9-3-12(15)14(13(16)4-9)20-7-10-5-11(8-19-2)21-18-10/h3-5,17H,6-8H2,1-2H3. The molecule has 5 nitrogen and oxygen atoms in total. The second kappa shape index (κ2) is 7.93. The molecule has 1 aromatic carbocycles. The molecule has 0 atom stereocenters. The first-order chi connectivity index (χ1) is 10.1. The Hall–Kier alpha value is -0.890. The molecule has 0 aliphatic rings. The average Bonchev–Trinajstić information content (AvgIpc) is 2.86. The van der Waals surface area contributed by atoms with Gasteiger partial charge in [0.25, 0.3) is 0 Å². The molecule has 0 spiro atoms. The van der Waals surface area contributed by atoms with Crippen molar-refractivity contribution in [2.75, 3.05) is 14.2 Å². The Labute approximate surface area is 140 Å². The van der Waals surface area contributed by atoms with Crippen molar-refractivity contribution in [1.82, 2.24) is 10.5 Å². The number of nitrogens with one attached hydrogen (secondary N) is 1. The van der Waals surface area contributed by atoms with Gasteiger partial charge in [-0.15, -0.1) is 0 Å². The Bertz CT molecular complexity index is 579. The van der Waals surface area contributed by atoms with Crippen molar-refractivity contribution in [2.24, 2.45) is 0 Å². The van der Waals surface area contributed by atoms with E-state index in [9.17, 15) is 0 Å². The van der Waals surface area contributed by atoms with Gasteiger partial charge in [-0.3, -0.25) is 0 Å². The van der Waals surface area contributed by atoms with Crippen LogP contribution in [0.4, 0.5) is 0 Å². The topological polar surface area (TPSA) is 56.5 Å². The SMILES string of the molecule is CNCc1cc(Br)c(OCc2cc(COC)on2)c(Br)c1. The number of aromatic nitrogens is 1. The van der Waals surface area contributed by atoms with E-state index in [1.165, 1.54) is 0 Å². The Balaban J connectivity index is 2.05. The van der Waals surface area contributed by atoms with Crippen LogP contribution in [0.1, 0.15) is 17.0 Å². The fourth-order valence-corrected chi connectivity index (χ4v) is 3.35. The molecule has 0 fully saturated rings. The van der Waals surface area contributed by atoms with Gasteiger partial charge in [-0.25, -0.2) is 0 Å². The Morgan fingerprint density at radius 3 is 2.52 bits per heavy atom. The van der Waals surface area contributed by atoms with Gasteiger partial charge < -0.3 is 19.3 Å². The Kier molecular flexibility index (Phi) is 6.22. The summed E-state index contributed by atoms with van der Waals surface area (Å²) < 4.78 is 17.7. The summed E-state index contributed by atoms with van der Waals surface area (Å²) in [7, 11) is 3.52. The van der Waals surface area contributed by atoms with Crippen LogP contribution in [0, 0.1) is 0 Å². The van der Waals surface area contributed by atoms with Crippen LogP contribution in [0.5, 0.6) is 5.75 Å². The minimum Gasteiger partial charge on any atom is -0.485 e. The molecule has 0 aliphatic carbocycles. The third kappa shape index (κ3) is 4.54. The van der Waals surface area contributed by atoms with E-state index in [1.807, 2.05) is 25.2 Å². The molecule has 0 amide bonds. The minimum absolute atomic E-state index is 0.329. The number of hydrogen-bond donors (Lipinski definition) is 1. The van der Waals surface area contributed by atoms with Crippen LogP contribution in [0.3, 0.4) is 0 Å². The number of methoxy groups -OCH3 is 1. The molecule has 0 saturated heterocycles. The van der Waals surface area contributed by atoms with Crippen LogP contribution in [-0.2, 0) is 24.5 Å². The fraction of sp³-hybridized carbons (Fsp3) is 0.357. The third-order valence-corrected chi connectivity index (χ3v) is 3.88. The lowest BCUT2D eigenvalue weighted by Gasteiger charge is -2.11.